The molecule has 20 heavy (non-hydrogen) atoms. The quantitative estimate of drug-likeness (QED) is 0.635. The Balaban J connectivity index is 2.84. The molecular weight excluding hydrogens is 280 g/mol. The third kappa shape index (κ3) is 4.45. The van der Waals surface area contributed by atoms with E-state index >= 15 is 0 Å². The Bertz CT molecular complexity index is 505. The number of halogens is 1. The van der Waals surface area contributed by atoms with E-state index in [2.05, 4.69) is 15.3 Å². The Labute approximate surface area is 123 Å². The summed E-state index contributed by atoms with van der Waals surface area (Å²) in [5.41, 5.74) is 0.191. The van der Waals surface area contributed by atoms with E-state index in [1.54, 1.807) is 18.9 Å². The van der Waals surface area contributed by atoms with Gasteiger partial charge in [0.15, 0.2) is 6.29 Å². The molecule has 0 unspecified atom stereocenters. The van der Waals surface area contributed by atoms with Crippen LogP contribution in [0.15, 0.2) is 0 Å². The lowest BCUT2D eigenvalue weighted by atomic mass is 10.2. The fourth-order valence-electron chi connectivity index (χ4n) is 1.59. The zero-order chi connectivity index (χ0) is 15.3. The van der Waals surface area contributed by atoms with E-state index in [0.717, 1.165) is 0 Å². The van der Waals surface area contributed by atoms with E-state index in [1.807, 2.05) is 13.8 Å². The van der Waals surface area contributed by atoms with Crippen molar-refractivity contribution in [2.45, 2.75) is 20.8 Å². The molecular formula is C13H19ClN4O2. The molecule has 0 bridgehead atoms. The largest absolute Gasteiger partial charge is 0.354 e. The first kappa shape index (κ1) is 16.4. The number of hydrogen-bond donors (Lipinski definition) is 1. The van der Waals surface area contributed by atoms with Crippen LogP contribution in [0, 0.1) is 12.8 Å². The van der Waals surface area contributed by atoms with Crippen LogP contribution in [0.2, 0.25) is 5.15 Å². The maximum Gasteiger partial charge on any atom is 0.239 e. The van der Waals surface area contributed by atoms with Gasteiger partial charge in [-0.1, -0.05) is 25.4 Å². The third-order valence-electron chi connectivity index (χ3n) is 2.56. The number of anilines is 1. The number of likely N-dealkylation sites (N-methyl/N-ethyl adjacent to an activating group) is 1. The van der Waals surface area contributed by atoms with Crippen LogP contribution in [0.3, 0.4) is 0 Å². The van der Waals surface area contributed by atoms with Gasteiger partial charge < -0.3 is 10.2 Å². The number of hydrogen-bond acceptors (Lipinski definition) is 5. The summed E-state index contributed by atoms with van der Waals surface area (Å²) in [5, 5.41) is 2.90. The minimum absolute atomic E-state index is 0.0944. The normalized spacial score (nSPS) is 10.5. The second-order valence-electron chi connectivity index (χ2n) is 4.97. The van der Waals surface area contributed by atoms with Crippen LogP contribution in [0.1, 0.15) is 30.0 Å². The monoisotopic (exact) mass is 298 g/mol. The second-order valence-corrected chi connectivity index (χ2v) is 5.33. The molecule has 0 radical (unpaired) electrons. The minimum Gasteiger partial charge on any atom is -0.354 e. The number of rotatable bonds is 6. The van der Waals surface area contributed by atoms with E-state index < -0.39 is 0 Å². The van der Waals surface area contributed by atoms with Gasteiger partial charge in [-0.25, -0.2) is 9.97 Å². The summed E-state index contributed by atoms with van der Waals surface area (Å²) in [6.07, 6.45) is 0.597. The van der Waals surface area contributed by atoms with Gasteiger partial charge in [-0.3, -0.25) is 9.59 Å². The van der Waals surface area contributed by atoms with Crippen LogP contribution in [-0.2, 0) is 4.79 Å². The lowest BCUT2D eigenvalue weighted by Gasteiger charge is -2.20. The molecule has 1 aromatic heterocycles. The smallest absolute Gasteiger partial charge is 0.239 e. The van der Waals surface area contributed by atoms with E-state index in [0.29, 0.717) is 30.4 Å². The Morgan fingerprint density at radius 1 is 1.45 bits per heavy atom. The first-order valence-corrected chi connectivity index (χ1v) is 6.70. The van der Waals surface area contributed by atoms with Crippen LogP contribution in [0.25, 0.3) is 0 Å². The molecule has 1 amide bonds. The van der Waals surface area contributed by atoms with Gasteiger partial charge in [-0.15, -0.1) is 0 Å². The van der Waals surface area contributed by atoms with Gasteiger partial charge in [0, 0.05) is 13.6 Å². The van der Waals surface area contributed by atoms with Gasteiger partial charge in [0.05, 0.1) is 12.1 Å². The molecule has 0 aromatic carbocycles. The van der Waals surface area contributed by atoms with Crippen molar-refractivity contribution < 1.29 is 9.59 Å². The van der Waals surface area contributed by atoms with Crippen LogP contribution in [-0.4, -0.2) is 42.3 Å². The zero-order valence-electron chi connectivity index (χ0n) is 12.1. The van der Waals surface area contributed by atoms with Gasteiger partial charge >= 0.3 is 0 Å². The second kappa shape index (κ2) is 7.19. The van der Waals surface area contributed by atoms with Crippen molar-refractivity contribution >= 4 is 29.6 Å². The maximum absolute atomic E-state index is 11.8. The molecule has 0 aliphatic carbocycles. The summed E-state index contributed by atoms with van der Waals surface area (Å²) >= 11 is 5.91. The Hall–Kier alpha value is -1.69. The fraction of sp³-hybridized carbons (Fsp3) is 0.538. The number of aldehydes is 1. The minimum atomic E-state index is -0.134. The molecule has 0 spiro atoms. The lowest BCUT2D eigenvalue weighted by Crippen LogP contribution is -2.37. The first-order chi connectivity index (χ1) is 9.35. The average Bonchev–Trinajstić information content (AvgIpc) is 2.35. The summed E-state index contributed by atoms with van der Waals surface area (Å²) in [5.74, 6) is 1.05. The number of nitrogens with one attached hydrogen (secondary N) is 1. The van der Waals surface area contributed by atoms with Gasteiger partial charge in [0.2, 0.25) is 5.91 Å². The molecule has 1 heterocycles. The Morgan fingerprint density at radius 3 is 2.65 bits per heavy atom. The zero-order valence-corrected chi connectivity index (χ0v) is 12.9. The topological polar surface area (TPSA) is 75.2 Å². The highest BCUT2D eigenvalue weighted by molar-refractivity contribution is 6.32. The predicted molar refractivity (Wildman–Crippen MR) is 78.3 cm³/mol. The average molecular weight is 299 g/mol. The fourth-order valence-corrected chi connectivity index (χ4v) is 1.84. The van der Waals surface area contributed by atoms with Crippen molar-refractivity contribution in [1.82, 2.24) is 15.3 Å². The predicted octanol–water partition coefficient (Wildman–Crippen LogP) is 1.46. The molecule has 110 valence electrons. The summed E-state index contributed by atoms with van der Waals surface area (Å²) in [6.45, 7) is 6.41. The van der Waals surface area contributed by atoms with Gasteiger partial charge in [-0.2, -0.15) is 0 Å². The molecule has 1 rings (SSSR count). The number of nitrogens with zero attached hydrogens (tertiary/aromatic N) is 3. The van der Waals surface area contributed by atoms with Crippen molar-refractivity contribution in [1.29, 1.82) is 0 Å². The van der Waals surface area contributed by atoms with Crippen LogP contribution >= 0.6 is 11.6 Å². The lowest BCUT2D eigenvalue weighted by molar-refractivity contribution is -0.119. The SMILES string of the molecule is Cc1nc(Cl)c(C=O)c(N(C)CC(=O)NCC(C)C)n1. The van der Waals surface area contributed by atoms with Gasteiger partial charge in [0.1, 0.15) is 16.8 Å². The molecule has 7 heteroatoms. The van der Waals surface area contributed by atoms with E-state index in [-0.39, 0.29) is 23.2 Å². The van der Waals surface area contributed by atoms with Gasteiger partial charge in [0.25, 0.3) is 0 Å². The van der Waals surface area contributed by atoms with Crippen LogP contribution in [0.5, 0.6) is 0 Å². The van der Waals surface area contributed by atoms with Crippen molar-refractivity contribution in [3.05, 3.63) is 16.5 Å². The van der Waals surface area contributed by atoms with E-state index in [9.17, 15) is 9.59 Å². The molecule has 0 saturated carbocycles. The molecule has 0 aliphatic heterocycles. The number of aromatic nitrogens is 2. The highest BCUT2D eigenvalue weighted by Gasteiger charge is 2.16. The molecule has 0 atom stereocenters. The van der Waals surface area contributed by atoms with Crippen molar-refractivity contribution in [2.75, 3.05) is 25.0 Å². The molecule has 0 saturated heterocycles. The Morgan fingerprint density at radius 2 is 2.10 bits per heavy atom. The van der Waals surface area contributed by atoms with Gasteiger partial charge in [-0.05, 0) is 12.8 Å². The van der Waals surface area contributed by atoms with E-state index in [4.69, 9.17) is 11.6 Å². The molecule has 0 fully saturated rings. The summed E-state index contributed by atoms with van der Waals surface area (Å²) in [6, 6.07) is 0. The highest BCUT2D eigenvalue weighted by Crippen LogP contribution is 2.21. The van der Waals surface area contributed by atoms with Crippen molar-refractivity contribution in [2.24, 2.45) is 5.92 Å². The molecule has 1 N–H and O–H groups in total. The van der Waals surface area contributed by atoms with Crippen LogP contribution in [0.4, 0.5) is 5.82 Å². The first-order valence-electron chi connectivity index (χ1n) is 6.32. The summed E-state index contributed by atoms with van der Waals surface area (Å²) < 4.78 is 0. The number of aryl methyl sites for hydroxylation is 1. The Kier molecular flexibility index (Phi) is 5.88. The van der Waals surface area contributed by atoms with E-state index in [1.165, 1.54) is 0 Å². The molecule has 0 aliphatic rings. The number of carbonyl (C=O) groups is 2. The standard InChI is InChI=1S/C13H19ClN4O2/c1-8(2)5-15-11(20)6-18(4)13-10(7-19)12(14)16-9(3)17-13/h7-8H,5-6H2,1-4H3,(H,15,20). The maximum atomic E-state index is 11.8. The summed E-state index contributed by atoms with van der Waals surface area (Å²) in [7, 11) is 1.68. The highest BCUT2D eigenvalue weighted by atomic mass is 35.5. The number of amides is 1. The number of carbonyl (C=O) groups excluding carboxylic acids is 2. The molecule has 1 aromatic rings. The van der Waals surface area contributed by atoms with Crippen molar-refractivity contribution in [3.63, 3.8) is 0 Å². The van der Waals surface area contributed by atoms with Crippen molar-refractivity contribution in [3.8, 4) is 0 Å². The summed E-state index contributed by atoms with van der Waals surface area (Å²) in [4.78, 5) is 32.5. The van der Waals surface area contributed by atoms with Crippen LogP contribution < -0.4 is 10.2 Å². The third-order valence-corrected chi connectivity index (χ3v) is 2.85. The molecule has 6 nitrogen and oxygen atoms in total.